The van der Waals surface area contributed by atoms with Gasteiger partial charge in [0.1, 0.15) is 11.5 Å². The van der Waals surface area contributed by atoms with Crippen LogP contribution in [0.1, 0.15) is 5.89 Å². The predicted molar refractivity (Wildman–Crippen MR) is 62.9 cm³/mol. The highest BCUT2D eigenvalue weighted by atomic mass is 16.5. The third-order valence-electron chi connectivity index (χ3n) is 2.23. The van der Waals surface area contributed by atoms with Gasteiger partial charge >= 0.3 is 0 Å². The maximum atomic E-state index is 5.17. The van der Waals surface area contributed by atoms with E-state index in [1.165, 1.54) is 6.08 Å². The van der Waals surface area contributed by atoms with Crippen molar-refractivity contribution in [3.63, 3.8) is 0 Å². The van der Waals surface area contributed by atoms with E-state index in [-0.39, 0.29) is 0 Å². The van der Waals surface area contributed by atoms with Crippen molar-refractivity contribution in [3.8, 4) is 22.9 Å². The number of benzene rings is 1. The molecule has 0 atom stereocenters. The minimum atomic E-state index is 0.377. The van der Waals surface area contributed by atoms with Gasteiger partial charge in [0, 0.05) is 11.6 Å². The van der Waals surface area contributed by atoms with E-state index in [2.05, 4.69) is 16.7 Å². The van der Waals surface area contributed by atoms with Gasteiger partial charge in [-0.05, 0) is 18.2 Å². The van der Waals surface area contributed by atoms with Crippen molar-refractivity contribution >= 4 is 6.08 Å². The van der Waals surface area contributed by atoms with Gasteiger partial charge in [-0.1, -0.05) is 11.7 Å². The zero-order valence-electron chi connectivity index (χ0n) is 9.64. The normalized spacial score (nSPS) is 10.0. The Morgan fingerprint density at radius 1 is 1.18 bits per heavy atom. The van der Waals surface area contributed by atoms with Crippen LogP contribution in [0, 0.1) is 0 Å². The fourth-order valence-corrected chi connectivity index (χ4v) is 1.37. The van der Waals surface area contributed by atoms with Crippen molar-refractivity contribution < 1.29 is 14.0 Å². The summed E-state index contributed by atoms with van der Waals surface area (Å²) in [6, 6.07) is 5.39. The maximum absolute atomic E-state index is 5.17. The number of hydrogen-bond donors (Lipinski definition) is 0. The molecule has 0 aliphatic rings. The molecule has 0 aliphatic carbocycles. The van der Waals surface area contributed by atoms with Crippen LogP contribution in [0.4, 0.5) is 0 Å². The first-order valence-electron chi connectivity index (χ1n) is 4.96. The van der Waals surface area contributed by atoms with Crippen molar-refractivity contribution in [2.75, 3.05) is 14.2 Å². The van der Waals surface area contributed by atoms with Crippen molar-refractivity contribution in [3.05, 3.63) is 30.7 Å². The Kier molecular flexibility index (Phi) is 3.09. The van der Waals surface area contributed by atoms with E-state index in [9.17, 15) is 0 Å². The van der Waals surface area contributed by atoms with E-state index in [1.54, 1.807) is 32.4 Å². The molecule has 0 saturated carbocycles. The molecule has 5 heteroatoms. The third-order valence-corrected chi connectivity index (χ3v) is 2.23. The Balaban J connectivity index is 2.46. The van der Waals surface area contributed by atoms with Gasteiger partial charge in [-0.25, -0.2) is 0 Å². The van der Waals surface area contributed by atoms with E-state index in [0.29, 0.717) is 23.2 Å². The van der Waals surface area contributed by atoms with E-state index in [0.717, 1.165) is 5.56 Å². The molecule has 2 aromatic rings. The summed E-state index contributed by atoms with van der Waals surface area (Å²) in [5.41, 5.74) is 0.762. The van der Waals surface area contributed by atoms with Gasteiger partial charge in [0.25, 0.3) is 0 Å². The molecule has 88 valence electrons. The summed E-state index contributed by atoms with van der Waals surface area (Å²) in [6.07, 6.45) is 1.49. The third kappa shape index (κ3) is 2.28. The Bertz CT molecular complexity index is 512. The van der Waals surface area contributed by atoms with Crippen molar-refractivity contribution in [1.82, 2.24) is 10.1 Å². The Hall–Kier alpha value is -2.30. The van der Waals surface area contributed by atoms with Gasteiger partial charge in [0.15, 0.2) is 0 Å². The molecule has 0 amide bonds. The van der Waals surface area contributed by atoms with Crippen LogP contribution in [0.5, 0.6) is 11.5 Å². The topological polar surface area (TPSA) is 57.4 Å². The summed E-state index contributed by atoms with van der Waals surface area (Å²) in [5, 5.41) is 3.84. The molecule has 0 spiro atoms. The van der Waals surface area contributed by atoms with Gasteiger partial charge in [-0.15, -0.1) is 0 Å². The van der Waals surface area contributed by atoms with Crippen LogP contribution >= 0.6 is 0 Å². The van der Waals surface area contributed by atoms with Crippen molar-refractivity contribution in [1.29, 1.82) is 0 Å². The Morgan fingerprint density at radius 3 is 2.29 bits per heavy atom. The fourth-order valence-electron chi connectivity index (χ4n) is 1.37. The minimum Gasteiger partial charge on any atom is -0.497 e. The zero-order valence-corrected chi connectivity index (χ0v) is 9.64. The van der Waals surface area contributed by atoms with Gasteiger partial charge in [-0.3, -0.25) is 0 Å². The highest BCUT2D eigenvalue weighted by molar-refractivity contribution is 5.61. The van der Waals surface area contributed by atoms with Crippen molar-refractivity contribution in [2.24, 2.45) is 0 Å². The number of nitrogens with zero attached hydrogens (tertiary/aromatic N) is 2. The molecule has 1 heterocycles. The molecule has 0 unspecified atom stereocenters. The average molecular weight is 232 g/mol. The van der Waals surface area contributed by atoms with Crippen LogP contribution in [0.2, 0.25) is 0 Å². The number of rotatable bonds is 4. The molecule has 5 nitrogen and oxygen atoms in total. The minimum absolute atomic E-state index is 0.377. The largest absolute Gasteiger partial charge is 0.497 e. The number of methoxy groups -OCH3 is 2. The SMILES string of the molecule is C=Cc1nc(-c2cc(OC)cc(OC)c2)no1. The van der Waals surface area contributed by atoms with Gasteiger partial charge < -0.3 is 14.0 Å². The lowest BCUT2D eigenvalue weighted by Crippen LogP contribution is -1.89. The second-order valence-electron chi connectivity index (χ2n) is 3.26. The summed E-state index contributed by atoms with van der Waals surface area (Å²) in [7, 11) is 3.17. The molecule has 0 saturated heterocycles. The van der Waals surface area contributed by atoms with Crippen LogP contribution in [0.15, 0.2) is 29.3 Å². The van der Waals surface area contributed by atoms with Crippen LogP contribution in [0.25, 0.3) is 17.5 Å². The number of aromatic nitrogens is 2. The van der Waals surface area contributed by atoms with Crippen molar-refractivity contribution in [2.45, 2.75) is 0 Å². The summed E-state index contributed by atoms with van der Waals surface area (Å²) in [4.78, 5) is 4.14. The highest BCUT2D eigenvalue weighted by Gasteiger charge is 2.09. The van der Waals surface area contributed by atoms with E-state index in [4.69, 9.17) is 14.0 Å². The van der Waals surface area contributed by atoms with E-state index < -0.39 is 0 Å². The lowest BCUT2D eigenvalue weighted by Gasteiger charge is -2.05. The molecule has 1 aromatic heterocycles. The standard InChI is InChI=1S/C12H12N2O3/c1-4-11-13-12(14-17-11)8-5-9(15-2)7-10(6-8)16-3/h4-7H,1H2,2-3H3. The predicted octanol–water partition coefficient (Wildman–Crippen LogP) is 2.40. The lowest BCUT2D eigenvalue weighted by molar-refractivity contribution is 0.394. The van der Waals surface area contributed by atoms with Gasteiger partial charge in [-0.2, -0.15) is 4.98 Å². The first-order chi connectivity index (χ1) is 8.26. The van der Waals surface area contributed by atoms with E-state index in [1.807, 2.05) is 0 Å². The molecule has 0 fully saturated rings. The molecule has 1 aromatic carbocycles. The molecule has 0 aliphatic heterocycles. The summed E-state index contributed by atoms with van der Waals surface area (Å²) < 4.78 is 15.3. The highest BCUT2D eigenvalue weighted by Crippen LogP contribution is 2.28. The van der Waals surface area contributed by atoms with E-state index >= 15 is 0 Å². The molecule has 0 N–H and O–H groups in total. The van der Waals surface area contributed by atoms with Crippen LogP contribution < -0.4 is 9.47 Å². The summed E-state index contributed by atoms with van der Waals surface area (Å²) in [6.45, 7) is 3.56. The monoisotopic (exact) mass is 232 g/mol. The summed E-state index contributed by atoms with van der Waals surface area (Å²) in [5.74, 6) is 2.19. The average Bonchev–Trinajstić information content (AvgIpc) is 2.86. The van der Waals surface area contributed by atoms with Gasteiger partial charge in [0.05, 0.1) is 14.2 Å². The fraction of sp³-hybridized carbons (Fsp3) is 0.167. The first-order valence-corrected chi connectivity index (χ1v) is 4.96. The zero-order chi connectivity index (χ0) is 12.3. The number of ether oxygens (including phenoxy) is 2. The Morgan fingerprint density at radius 2 is 1.82 bits per heavy atom. The molecule has 0 radical (unpaired) electrons. The van der Waals surface area contributed by atoms with Crippen LogP contribution in [-0.2, 0) is 0 Å². The summed E-state index contributed by atoms with van der Waals surface area (Å²) >= 11 is 0. The van der Waals surface area contributed by atoms with Gasteiger partial charge in [0.2, 0.25) is 11.7 Å². The molecule has 17 heavy (non-hydrogen) atoms. The maximum Gasteiger partial charge on any atom is 0.250 e. The van der Waals surface area contributed by atoms with Crippen LogP contribution in [-0.4, -0.2) is 24.4 Å². The second kappa shape index (κ2) is 4.69. The quantitative estimate of drug-likeness (QED) is 0.810. The smallest absolute Gasteiger partial charge is 0.250 e. The van der Waals surface area contributed by atoms with Crippen LogP contribution in [0.3, 0.4) is 0 Å². The lowest BCUT2D eigenvalue weighted by atomic mass is 10.2. The Labute approximate surface area is 98.7 Å². The number of hydrogen-bond acceptors (Lipinski definition) is 5. The molecular weight excluding hydrogens is 220 g/mol. The first kappa shape index (κ1) is 11.2. The molecular formula is C12H12N2O3. The second-order valence-corrected chi connectivity index (χ2v) is 3.26. The molecule has 0 bridgehead atoms. The molecule has 2 rings (SSSR count).